The molecule has 0 aromatic carbocycles. The second-order valence-corrected chi connectivity index (χ2v) is 8.77. The van der Waals surface area contributed by atoms with Gasteiger partial charge in [0.2, 0.25) is 5.88 Å². The number of rotatable bonds is 0. The molecule has 9 nitrogen and oxygen atoms in total. The van der Waals surface area contributed by atoms with Crippen molar-refractivity contribution in [2.75, 3.05) is 25.1 Å². The van der Waals surface area contributed by atoms with Gasteiger partial charge in [-0.05, 0) is 51.0 Å². The standard InChI is InChI=1S/C22H29N5O4/c28-21-25-22(6-1-9-29-14-22)7-2-10-30-20-12-16(5-8-23-20)24-19-13-18(26-27-19)15-3-4-17(11-15)31-21/h5,8,12-13,15,17H,1-4,6-7,9-11,14H2,(H,25,28)(H2,24,26,27)/t15-,17+,22?/m0/s1. The van der Waals surface area contributed by atoms with Gasteiger partial charge in [0.05, 0.1) is 18.8 Å². The summed E-state index contributed by atoms with van der Waals surface area (Å²) in [7, 11) is 0. The Hall–Kier alpha value is -2.81. The Morgan fingerprint density at radius 3 is 2.90 bits per heavy atom. The van der Waals surface area contributed by atoms with Crippen molar-refractivity contribution in [2.45, 2.75) is 62.5 Å². The van der Waals surface area contributed by atoms with Crippen molar-refractivity contribution in [3.8, 4) is 5.88 Å². The van der Waals surface area contributed by atoms with Gasteiger partial charge in [0.15, 0.2) is 5.82 Å². The molecule has 31 heavy (non-hydrogen) atoms. The largest absolute Gasteiger partial charge is 0.478 e. The van der Waals surface area contributed by atoms with Gasteiger partial charge in [0, 0.05) is 42.2 Å². The molecule has 2 aromatic heterocycles. The molecule has 3 N–H and O–H groups in total. The highest BCUT2D eigenvalue weighted by molar-refractivity contribution is 5.68. The second kappa shape index (κ2) is 8.74. The summed E-state index contributed by atoms with van der Waals surface area (Å²) >= 11 is 0. The number of amides is 1. The third-order valence-corrected chi connectivity index (χ3v) is 6.44. The van der Waals surface area contributed by atoms with Crippen molar-refractivity contribution in [3.63, 3.8) is 0 Å². The molecule has 1 unspecified atom stereocenters. The molecule has 1 amide bonds. The fourth-order valence-corrected chi connectivity index (χ4v) is 4.85. The molecule has 6 bridgehead atoms. The van der Waals surface area contributed by atoms with Crippen LogP contribution in [-0.2, 0) is 9.47 Å². The number of fused-ring (bicyclic) bond motifs is 7. The van der Waals surface area contributed by atoms with E-state index in [1.807, 2.05) is 18.2 Å². The van der Waals surface area contributed by atoms with Gasteiger partial charge >= 0.3 is 6.09 Å². The summed E-state index contributed by atoms with van der Waals surface area (Å²) in [5.74, 6) is 1.60. The average molecular weight is 428 g/mol. The summed E-state index contributed by atoms with van der Waals surface area (Å²) in [4.78, 5) is 17.0. The lowest BCUT2D eigenvalue weighted by atomic mass is 9.87. The zero-order valence-electron chi connectivity index (χ0n) is 17.6. The van der Waals surface area contributed by atoms with Gasteiger partial charge in [-0.15, -0.1) is 0 Å². The van der Waals surface area contributed by atoms with Gasteiger partial charge in [-0.3, -0.25) is 5.10 Å². The average Bonchev–Trinajstić information content (AvgIpc) is 3.41. The van der Waals surface area contributed by atoms with Gasteiger partial charge in [0.1, 0.15) is 6.10 Å². The monoisotopic (exact) mass is 427 g/mol. The number of aromatic amines is 1. The van der Waals surface area contributed by atoms with E-state index in [1.165, 1.54) is 0 Å². The Bertz CT molecular complexity index is 911. The van der Waals surface area contributed by atoms with Crippen LogP contribution < -0.4 is 15.4 Å². The molecule has 1 saturated carbocycles. The van der Waals surface area contributed by atoms with E-state index in [1.54, 1.807) is 6.20 Å². The highest BCUT2D eigenvalue weighted by Gasteiger charge is 2.36. The molecule has 2 aliphatic heterocycles. The lowest BCUT2D eigenvalue weighted by molar-refractivity contribution is 0.00783. The number of carbonyl (C=O) groups excluding carboxylic acids is 1. The van der Waals surface area contributed by atoms with Crippen LogP contribution in [0.15, 0.2) is 24.4 Å². The number of H-pyrrole nitrogens is 1. The first kappa shape index (κ1) is 20.1. The van der Waals surface area contributed by atoms with Crippen molar-refractivity contribution < 1.29 is 19.0 Å². The topological polar surface area (TPSA) is 110 Å². The van der Waals surface area contributed by atoms with E-state index in [0.717, 1.165) is 68.8 Å². The molecule has 166 valence electrons. The smallest absolute Gasteiger partial charge is 0.407 e. The summed E-state index contributed by atoms with van der Waals surface area (Å²) in [6, 6.07) is 5.78. The third kappa shape index (κ3) is 4.76. The highest BCUT2D eigenvalue weighted by Crippen LogP contribution is 2.36. The number of alkyl carbamates (subject to hydrolysis) is 1. The highest BCUT2D eigenvalue weighted by atomic mass is 16.6. The number of hydrogen-bond donors (Lipinski definition) is 3. The fourth-order valence-electron chi connectivity index (χ4n) is 4.85. The summed E-state index contributed by atoms with van der Waals surface area (Å²) in [5, 5.41) is 14.0. The minimum absolute atomic E-state index is 0.0868. The second-order valence-electron chi connectivity index (χ2n) is 8.77. The van der Waals surface area contributed by atoms with Gasteiger partial charge in [-0.2, -0.15) is 5.10 Å². The molecule has 4 heterocycles. The molecule has 0 radical (unpaired) electrons. The maximum Gasteiger partial charge on any atom is 0.407 e. The van der Waals surface area contributed by atoms with E-state index in [2.05, 4.69) is 25.8 Å². The number of aromatic nitrogens is 3. The quantitative estimate of drug-likeness (QED) is 0.589. The molecule has 1 saturated heterocycles. The van der Waals surface area contributed by atoms with Crippen molar-refractivity contribution in [2.24, 2.45) is 0 Å². The lowest BCUT2D eigenvalue weighted by Gasteiger charge is -2.37. The first-order chi connectivity index (χ1) is 15.2. The Kier molecular flexibility index (Phi) is 5.67. The Balaban J connectivity index is 1.36. The molecule has 3 atom stereocenters. The maximum atomic E-state index is 12.7. The zero-order chi connectivity index (χ0) is 21.1. The molecule has 1 aliphatic carbocycles. The minimum Gasteiger partial charge on any atom is -0.478 e. The zero-order valence-corrected chi connectivity index (χ0v) is 17.6. The normalized spacial score (nSPS) is 29.1. The van der Waals surface area contributed by atoms with Crippen molar-refractivity contribution in [3.05, 3.63) is 30.1 Å². The van der Waals surface area contributed by atoms with Gasteiger partial charge in [-0.25, -0.2) is 9.78 Å². The first-order valence-electron chi connectivity index (χ1n) is 11.2. The number of hydrogen-bond acceptors (Lipinski definition) is 7. The van der Waals surface area contributed by atoms with Crippen molar-refractivity contribution in [1.29, 1.82) is 0 Å². The summed E-state index contributed by atoms with van der Waals surface area (Å²) in [5.41, 5.74) is 1.52. The number of pyridine rings is 1. The molecule has 5 rings (SSSR count). The summed E-state index contributed by atoms with van der Waals surface area (Å²) in [6.45, 7) is 1.74. The predicted octanol–water partition coefficient (Wildman–Crippen LogP) is 3.63. The van der Waals surface area contributed by atoms with Crippen LogP contribution in [0.3, 0.4) is 0 Å². The van der Waals surface area contributed by atoms with E-state index in [9.17, 15) is 4.79 Å². The molecular formula is C22H29N5O4. The number of nitrogens with one attached hydrogen (secondary N) is 3. The molecule has 2 fully saturated rings. The van der Waals surface area contributed by atoms with Crippen LogP contribution in [0.2, 0.25) is 0 Å². The summed E-state index contributed by atoms with van der Waals surface area (Å²) in [6.07, 6.45) is 7.24. The van der Waals surface area contributed by atoms with E-state index in [4.69, 9.17) is 14.2 Å². The number of anilines is 2. The van der Waals surface area contributed by atoms with Crippen LogP contribution in [0.25, 0.3) is 0 Å². The van der Waals surface area contributed by atoms with Crippen molar-refractivity contribution >= 4 is 17.6 Å². The first-order valence-corrected chi connectivity index (χ1v) is 11.2. The number of carbonyl (C=O) groups is 1. The van der Waals surface area contributed by atoms with Crippen LogP contribution in [0.4, 0.5) is 16.3 Å². The summed E-state index contributed by atoms with van der Waals surface area (Å²) < 4.78 is 17.4. The van der Waals surface area contributed by atoms with Crippen LogP contribution in [-0.4, -0.2) is 52.7 Å². The van der Waals surface area contributed by atoms with Gasteiger partial charge in [0.25, 0.3) is 0 Å². The maximum absolute atomic E-state index is 12.7. The molecule has 2 aromatic rings. The van der Waals surface area contributed by atoms with E-state index in [-0.39, 0.29) is 12.2 Å². The van der Waals surface area contributed by atoms with E-state index < -0.39 is 5.54 Å². The van der Waals surface area contributed by atoms with Gasteiger partial charge in [-0.1, -0.05) is 0 Å². The lowest BCUT2D eigenvalue weighted by Crippen LogP contribution is -2.54. The third-order valence-electron chi connectivity index (χ3n) is 6.44. The van der Waals surface area contributed by atoms with E-state index in [0.29, 0.717) is 25.0 Å². The molecule has 9 heteroatoms. The number of ether oxygens (including phenoxy) is 3. The van der Waals surface area contributed by atoms with Crippen molar-refractivity contribution in [1.82, 2.24) is 20.5 Å². The SMILES string of the molecule is O=C1NC2(CCCOC2)CCCOc2cc(ccn2)Nc2cc([nH]n2)[C@H]2CC[C@H](C2)O1. The molecular weight excluding hydrogens is 398 g/mol. The van der Waals surface area contributed by atoms with Crippen LogP contribution in [0, 0.1) is 0 Å². The Labute approximate surface area is 181 Å². The van der Waals surface area contributed by atoms with Crippen LogP contribution in [0.1, 0.15) is 56.6 Å². The van der Waals surface area contributed by atoms with Crippen LogP contribution >= 0.6 is 0 Å². The number of nitrogens with zero attached hydrogens (tertiary/aromatic N) is 2. The fraction of sp³-hybridized carbons (Fsp3) is 0.591. The Morgan fingerprint density at radius 2 is 2.03 bits per heavy atom. The minimum atomic E-state index is -0.406. The predicted molar refractivity (Wildman–Crippen MR) is 114 cm³/mol. The van der Waals surface area contributed by atoms with E-state index >= 15 is 0 Å². The molecule has 1 spiro atoms. The molecule has 3 aliphatic rings. The Morgan fingerprint density at radius 1 is 1.13 bits per heavy atom. The van der Waals surface area contributed by atoms with Crippen LogP contribution in [0.5, 0.6) is 5.88 Å². The van der Waals surface area contributed by atoms with Gasteiger partial charge < -0.3 is 24.8 Å².